The summed E-state index contributed by atoms with van der Waals surface area (Å²) in [6, 6.07) is 6.03. The van der Waals surface area contributed by atoms with E-state index in [0.717, 1.165) is 5.69 Å². The van der Waals surface area contributed by atoms with Crippen molar-refractivity contribution in [3.63, 3.8) is 0 Å². The number of halogens is 1. The first-order valence-electron chi connectivity index (χ1n) is 4.65. The topological polar surface area (TPSA) is 38.0 Å². The number of nitrogens with one attached hydrogen (secondary N) is 1. The molecule has 2 nitrogen and oxygen atoms in total. The number of para-hydroxylation sites is 1. The summed E-state index contributed by atoms with van der Waals surface area (Å²) < 4.78 is 0. The highest BCUT2D eigenvalue weighted by Gasteiger charge is 2.06. The normalized spacial score (nSPS) is 11.5. The third kappa shape index (κ3) is 3.78. The van der Waals surface area contributed by atoms with Crippen molar-refractivity contribution in [2.75, 3.05) is 5.32 Å². The fourth-order valence-corrected chi connectivity index (χ4v) is 1.35. The molecule has 0 aliphatic carbocycles. The molecule has 0 unspecified atom stereocenters. The molecule has 0 bridgehead atoms. The first-order chi connectivity index (χ1) is 6.52. The number of rotatable bonds is 2. The van der Waals surface area contributed by atoms with Gasteiger partial charge in [0.1, 0.15) is 0 Å². The first kappa shape index (κ1) is 14.4. The molecule has 0 spiro atoms. The van der Waals surface area contributed by atoms with Crippen LogP contribution in [0, 0.1) is 13.8 Å². The summed E-state index contributed by atoms with van der Waals surface area (Å²) in [6.07, 6.45) is 0. The van der Waals surface area contributed by atoms with Crippen LogP contribution in [-0.2, 0) is 0 Å². The Morgan fingerprint density at radius 3 is 2.20 bits per heavy atom. The van der Waals surface area contributed by atoms with Crippen molar-refractivity contribution in [1.82, 2.24) is 0 Å². The van der Waals surface area contributed by atoms with E-state index in [2.05, 4.69) is 31.3 Å². The van der Waals surface area contributed by atoms with Crippen LogP contribution in [0.3, 0.4) is 0 Å². The summed E-state index contributed by atoms with van der Waals surface area (Å²) >= 11 is 5.14. The lowest BCUT2D eigenvalue weighted by Gasteiger charge is -2.15. The number of benzene rings is 1. The standard InChI is InChI=1S/C11H16N2S.ClH/c1-7-5-4-6-8(2)10(7)13-11(14)9(3)12;/h4-6,9H,12H2,1-3H3,(H,13,14);1H/t9-;/m1./s1. The van der Waals surface area contributed by atoms with Gasteiger partial charge in [-0.2, -0.15) is 0 Å². The average molecular weight is 245 g/mol. The summed E-state index contributed by atoms with van der Waals surface area (Å²) in [6.45, 7) is 5.99. The molecule has 1 rings (SSSR count). The van der Waals surface area contributed by atoms with Crippen LogP contribution in [0.4, 0.5) is 5.69 Å². The Balaban J connectivity index is 0.00000196. The molecule has 1 aromatic carbocycles. The van der Waals surface area contributed by atoms with Crippen LogP contribution in [0.2, 0.25) is 0 Å². The average Bonchev–Trinajstić information content (AvgIpc) is 2.11. The highest BCUT2D eigenvalue weighted by molar-refractivity contribution is 7.80. The van der Waals surface area contributed by atoms with Crippen molar-refractivity contribution in [3.05, 3.63) is 29.3 Å². The van der Waals surface area contributed by atoms with Gasteiger partial charge in [0.25, 0.3) is 0 Å². The maximum Gasteiger partial charge on any atom is 0.0964 e. The molecule has 0 aliphatic heterocycles. The highest BCUT2D eigenvalue weighted by atomic mass is 35.5. The predicted octanol–water partition coefficient (Wildman–Crippen LogP) is 2.81. The molecule has 4 heteroatoms. The zero-order valence-electron chi connectivity index (χ0n) is 9.20. The fraction of sp³-hybridized carbons (Fsp3) is 0.364. The van der Waals surface area contributed by atoms with Gasteiger partial charge in [-0.15, -0.1) is 12.4 Å². The molecule has 0 saturated heterocycles. The smallest absolute Gasteiger partial charge is 0.0964 e. The van der Waals surface area contributed by atoms with Gasteiger partial charge in [-0.25, -0.2) is 0 Å². The summed E-state index contributed by atoms with van der Waals surface area (Å²) in [4.78, 5) is 0.683. The largest absolute Gasteiger partial charge is 0.348 e. The van der Waals surface area contributed by atoms with Crippen molar-refractivity contribution in [3.8, 4) is 0 Å². The van der Waals surface area contributed by atoms with Crippen LogP contribution in [0.15, 0.2) is 18.2 Å². The van der Waals surface area contributed by atoms with E-state index < -0.39 is 0 Å². The van der Waals surface area contributed by atoms with Crippen molar-refractivity contribution < 1.29 is 0 Å². The molecule has 0 saturated carbocycles. The number of anilines is 1. The molecule has 1 aromatic rings. The van der Waals surface area contributed by atoms with Crippen LogP contribution >= 0.6 is 24.6 Å². The van der Waals surface area contributed by atoms with Crippen molar-refractivity contribution in [2.24, 2.45) is 5.73 Å². The van der Waals surface area contributed by atoms with E-state index >= 15 is 0 Å². The molecule has 0 amide bonds. The Bertz CT molecular complexity index is 330. The third-order valence-corrected chi connectivity index (χ3v) is 2.62. The van der Waals surface area contributed by atoms with Crippen LogP contribution < -0.4 is 11.1 Å². The quantitative estimate of drug-likeness (QED) is 0.786. The van der Waals surface area contributed by atoms with Crippen LogP contribution in [0.25, 0.3) is 0 Å². The minimum Gasteiger partial charge on any atom is -0.348 e. The molecule has 0 aromatic heterocycles. The van der Waals surface area contributed by atoms with Crippen LogP contribution in [0.1, 0.15) is 18.1 Å². The van der Waals surface area contributed by atoms with Crippen molar-refractivity contribution in [2.45, 2.75) is 26.8 Å². The Labute approximate surface area is 103 Å². The summed E-state index contributed by atoms with van der Waals surface area (Å²) in [7, 11) is 0. The Kier molecular flexibility index (Phi) is 5.80. The maximum atomic E-state index is 5.68. The van der Waals surface area contributed by atoms with Gasteiger partial charge in [-0.3, -0.25) is 0 Å². The zero-order valence-corrected chi connectivity index (χ0v) is 10.8. The molecule has 0 aliphatic rings. The van der Waals surface area contributed by atoms with Crippen LogP contribution in [-0.4, -0.2) is 11.0 Å². The molecular weight excluding hydrogens is 228 g/mol. The van der Waals surface area contributed by atoms with E-state index in [0.29, 0.717) is 4.99 Å². The van der Waals surface area contributed by atoms with E-state index in [4.69, 9.17) is 18.0 Å². The second-order valence-electron chi connectivity index (χ2n) is 3.54. The van der Waals surface area contributed by atoms with Gasteiger partial charge in [-0.1, -0.05) is 30.4 Å². The third-order valence-electron chi connectivity index (χ3n) is 2.14. The minimum atomic E-state index is -0.107. The van der Waals surface area contributed by atoms with Gasteiger partial charge < -0.3 is 11.1 Å². The van der Waals surface area contributed by atoms with E-state index in [1.165, 1.54) is 11.1 Å². The highest BCUT2D eigenvalue weighted by Crippen LogP contribution is 2.19. The van der Waals surface area contributed by atoms with Crippen molar-refractivity contribution >= 4 is 35.3 Å². The van der Waals surface area contributed by atoms with Crippen LogP contribution in [0.5, 0.6) is 0 Å². The fourth-order valence-electron chi connectivity index (χ4n) is 1.25. The Hall–Kier alpha value is -0.640. The lowest BCUT2D eigenvalue weighted by Crippen LogP contribution is -2.31. The second kappa shape index (κ2) is 6.05. The van der Waals surface area contributed by atoms with Gasteiger partial charge >= 0.3 is 0 Å². The molecular formula is C11H17ClN2S. The number of hydrogen-bond donors (Lipinski definition) is 2. The number of hydrogen-bond acceptors (Lipinski definition) is 2. The van der Waals surface area contributed by atoms with E-state index in [1.807, 2.05) is 13.0 Å². The Morgan fingerprint density at radius 1 is 1.33 bits per heavy atom. The van der Waals surface area contributed by atoms with E-state index in [1.54, 1.807) is 0 Å². The molecule has 15 heavy (non-hydrogen) atoms. The monoisotopic (exact) mass is 244 g/mol. The Morgan fingerprint density at radius 2 is 1.80 bits per heavy atom. The number of thiocarbonyl (C=S) groups is 1. The lowest BCUT2D eigenvalue weighted by atomic mass is 10.1. The minimum absolute atomic E-state index is 0. The number of nitrogens with two attached hydrogens (primary N) is 1. The summed E-state index contributed by atoms with van der Waals surface area (Å²) in [5.41, 5.74) is 9.13. The molecule has 3 N–H and O–H groups in total. The molecule has 0 radical (unpaired) electrons. The summed E-state index contributed by atoms with van der Waals surface area (Å²) in [5.74, 6) is 0. The maximum absolute atomic E-state index is 5.68. The summed E-state index contributed by atoms with van der Waals surface area (Å²) in [5, 5.41) is 3.18. The van der Waals surface area contributed by atoms with Gasteiger partial charge in [0.2, 0.25) is 0 Å². The second-order valence-corrected chi connectivity index (χ2v) is 3.98. The van der Waals surface area contributed by atoms with Gasteiger partial charge in [-0.05, 0) is 31.9 Å². The molecule has 0 fully saturated rings. The molecule has 0 heterocycles. The number of aryl methyl sites for hydroxylation is 2. The van der Waals surface area contributed by atoms with Gasteiger partial charge in [0.05, 0.1) is 11.0 Å². The van der Waals surface area contributed by atoms with Crippen molar-refractivity contribution in [1.29, 1.82) is 0 Å². The first-order valence-corrected chi connectivity index (χ1v) is 5.06. The zero-order chi connectivity index (χ0) is 10.7. The SMILES string of the molecule is Cc1cccc(C)c1NC(=S)[C@@H](C)N.Cl. The van der Waals surface area contributed by atoms with E-state index in [9.17, 15) is 0 Å². The molecule has 84 valence electrons. The molecule has 1 atom stereocenters. The predicted molar refractivity (Wildman–Crippen MR) is 73.0 cm³/mol. The lowest BCUT2D eigenvalue weighted by molar-refractivity contribution is 0.987. The van der Waals surface area contributed by atoms with E-state index in [-0.39, 0.29) is 18.4 Å². The van der Waals surface area contributed by atoms with Gasteiger partial charge in [0, 0.05) is 5.69 Å². The van der Waals surface area contributed by atoms with Gasteiger partial charge in [0.15, 0.2) is 0 Å².